The third-order valence-corrected chi connectivity index (χ3v) is 5.78. The van der Waals surface area contributed by atoms with Crippen molar-refractivity contribution in [3.05, 3.63) is 28.7 Å². The minimum absolute atomic E-state index is 0.0535. The van der Waals surface area contributed by atoms with Gasteiger partial charge in [0.1, 0.15) is 12.1 Å². The molecule has 1 unspecified atom stereocenters. The number of halogens is 2. The smallest absolute Gasteiger partial charge is 0.214 e. The number of rotatable bonds is 11. The van der Waals surface area contributed by atoms with E-state index < -0.39 is 16.8 Å². The predicted molar refractivity (Wildman–Crippen MR) is 108 cm³/mol. The summed E-state index contributed by atoms with van der Waals surface area (Å²) in [5.74, 6) is -0.551. The maximum absolute atomic E-state index is 14.3. The Morgan fingerprint density at radius 1 is 1.38 bits per heavy atom. The average Bonchev–Trinajstić information content (AvgIpc) is 3.09. The summed E-state index contributed by atoms with van der Waals surface area (Å²) in [4.78, 5) is 3.93. The number of nitrogens with two attached hydrogens (primary N) is 1. The van der Waals surface area contributed by atoms with E-state index in [1.54, 1.807) is 0 Å². The van der Waals surface area contributed by atoms with Crippen molar-refractivity contribution in [2.75, 3.05) is 29.7 Å². The highest BCUT2D eigenvalue weighted by molar-refractivity contribution is 9.10. The molecular weight excluding hydrogens is 443 g/mol. The summed E-state index contributed by atoms with van der Waals surface area (Å²) in [5, 5.41) is 6.83. The van der Waals surface area contributed by atoms with Crippen LogP contribution in [0.2, 0.25) is 0 Å². The standard InChI is InChI=1S/C15H22BrFN6OS2/c1-10(18)8-19-4-2-3-5-20-13-7-12(17)14(6-11(13)16)26(24)23-15-21-9-22-25-15/h6-7,9-10,19-20H,2-5,8,18H2,1H3,(H,21,22,23)/t10-,26?/m0/s1. The fourth-order valence-corrected chi connectivity index (χ4v) is 4.17. The Balaban J connectivity index is 1.83. The van der Waals surface area contributed by atoms with Gasteiger partial charge in [0.15, 0.2) is 11.0 Å². The van der Waals surface area contributed by atoms with Crippen molar-refractivity contribution >= 4 is 49.3 Å². The van der Waals surface area contributed by atoms with Crippen LogP contribution in [0.1, 0.15) is 19.8 Å². The van der Waals surface area contributed by atoms with E-state index in [1.165, 1.54) is 18.5 Å². The van der Waals surface area contributed by atoms with Gasteiger partial charge in [-0.1, -0.05) is 0 Å². The lowest BCUT2D eigenvalue weighted by molar-refractivity contribution is 0.582. The predicted octanol–water partition coefficient (Wildman–Crippen LogP) is 2.70. The molecule has 0 saturated heterocycles. The van der Waals surface area contributed by atoms with Crippen LogP contribution >= 0.6 is 27.5 Å². The number of anilines is 2. The zero-order chi connectivity index (χ0) is 18.9. The Hall–Kier alpha value is -1.14. The van der Waals surface area contributed by atoms with Gasteiger partial charge in [-0.2, -0.15) is 4.37 Å². The first kappa shape index (κ1) is 21.2. The SMILES string of the molecule is C[C@H](N)CNCCCCNc1cc(F)c(S(=O)Nc2ncns2)cc1Br. The number of aromatic nitrogens is 2. The Labute approximate surface area is 167 Å². The Morgan fingerprint density at radius 2 is 2.15 bits per heavy atom. The maximum Gasteiger partial charge on any atom is 0.214 e. The van der Waals surface area contributed by atoms with Crippen LogP contribution in [0, 0.1) is 5.82 Å². The highest BCUT2D eigenvalue weighted by atomic mass is 79.9. The summed E-state index contributed by atoms with van der Waals surface area (Å²) in [5.41, 5.74) is 6.29. The van der Waals surface area contributed by atoms with Crippen molar-refractivity contribution in [3.8, 4) is 0 Å². The van der Waals surface area contributed by atoms with E-state index in [-0.39, 0.29) is 10.9 Å². The largest absolute Gasteiger partial charge is 0.384 e. The quantitative estimate of drug-likeness (QED) is 0.381. The molecule has 2 rings (SSSR count). The summed E-state index contributed by atoms with van der Waals surface area (Å²) in [6, 6.07) is 3.00. The fraction of sp³-hybridized carbons (Fsp3) is 0.467. The number of hydrogen-bond donors (Lipinski definition) is 4. The van der Waals surface area contributed by atoms with Gasteiger partial charge in [-0.3, -0.25) is 4.72 Å². The van der Waals surface area contributed by atoms with Gasteiger partial charge in [0.2, 0.25) is 5.13 Å². The lowest BCUT2D eigenvalue weighted by Crippen LogP contribution is -2.31. The minimum atomic E-state index is -1.75. The summed E-state index contributed by atoms with van der Waals surface area (Å²) < 4.78 is 33.6. The Kier molecular flexibility index (Phi) is 8.85. The van der Waals surface area contributed by atoms with Gasteiger partial charge >= 0.3 is 0 Å². The first-order chi connectivity index (χ1) is 12.5. The van der Waals surface area contributed by atoms with Crippen LogP contribution in [0.4, 0.5) is 15.2 Å². The van der Waals surface area contributed by atoms with Crippen LogP contribution in [0.3, 0.4) is 0 Å². The summed E-state index contributed by atoms with van der Waals surface area (Å²) in [7, 11) is -1.75. The van der Waals surface area contributed by atoms with Gasteiger partial charge in [-0.25, -0.2) is 13.6 Å². The molecule has 1 aromatic carbocycles. The van der Waals surface area contributed by atoms with Crippen molar-refractivity contribution < 1.29 is 8.60 Å². The van der Waals surface area contributed by atoms with E-state index >= 15 is 0 Å². The molecule has 0 spiro atoms. The second-order valence-corrected chi connectivity index (χ2v) is 8.51. The number of hydrogen-bond acceptors (Lipinski definition) is 7. The number of benzene rings is 1. The number of unbranched alkanes of at least 4 members (excludes halogenated alkanes) is 1. The number of nitrogens with one attached hydrogen (secondary N) is 3. The van der Waals surface area contributed by atoms with Crippen LogP contribution in [0.15, 0.2) is 27.8 Å². The van der Waals surface area contributed by atoms with E-state index in [0.29, 0.717) is 21.8 Å². The van der Waals surface area contributed by atoms with Gasteiger partial charge in [0.05, 0.1) is 10.6 Å². The molecule has 0 amide bonds. The molecule has 26 heavy (non-hydrogen) atoms. The molecule has 0 saturated carbocycles. The first-order valence-electron chi connectivity index (χ1n) is 8.11. The third kappa shape index (κ3) is 6.88. The second kappa shape index (κ2) is 10.9. The van der Waals surface area contributed by atoms with Crippen molar-refractivity contribution in [2.45, 2.75) is 30.7 Å². The summed E-state index contributed by atoms with van der Waals surface area (Å²) in [6.45, 7) is 4.37. The van der Waals surface area contributed by atoms with Gasteiger partial charge in [0.25, 0.3) is 0 Å². The van der Waals surface area contributed by atoms with Crippen LogP contribution in [-0.2, 0) is 11.0 Å². The summed E-state index contributed by atoms with van der Waals surface area (Å²) in [6.07, 6.45) is 3.27. The lowest BCUT2D eigenvalue weighted by atomic mass is 10.2. The van der Waals surface area contributed by atoms with E-state index in [0.717, 1.165) is 37.5 Å². The van der Waals surface area contributed by atoms with Crippen molar-refractivity contribution in [2.24, 2.45) is 5.73 Å². The molecule has 144 valence electrons. The zero-order valence-corrected chi connectivity index (χ0v) is 17.5. The van der Waals surface area contributed by atoms with Crippen molar-refractivity contribution in [1.82, 2.24) is 14.7 Å². The van der Waals surface area contributed by atoms with E-state index in [9.17, 15) is 8.60 Å². The molecule has 0 aliphatic rings. The molecule has 0 aliphatic heterocycles. The van der Waals surface area contributed by atoms with Crippen LogP contribution in [-0.4, -0.2) is 39.2 Å². The maximum atomic E-state index is 14.3. The molecule has 1 aromatic heterocycles. The van der Waals surface area contributed by atoms with E-state index in [4.69, 9.17) is 5.73 Å². The molecule has 0 fully saturated rings. The number of nitrogens with zero attached hydrogens (tertiary/aromatic N) is 2. The second-order valence-electron chi connectivity index (χ2n) is 5.69. The normalized spacial score (nSPS) is 13.4. The molecule has 0 aliphatic carbocycles. The Morgan fingerprint density at radius 3 is 2.85 bits per heavy atom. The molecule has 5 N–H and O–H groups in total. The monoisotopic (exact) mass is 464 g/mol. The van der Waals surface area contributed by atoms with Crippen LogP contribution in [0.25, 0.3) is 0 Å². The minimum Gasteiger partial charge on any atom is -0.384 e. The van der Waals surface area contributed by atoms with Crippen LogP contribution in [0.5, 0.6) is 0 Å². The van der Waals surface area contributed by atoms with Gasteiger partial charge in [-0.15, -0.1) is 0 Å². The molecule has 7 nitrogen and oxygen atoms in total. The molecule has 0 bridgehead atoms. The molecule has 2 atom stereocenters. The van der Waals surface area contributed by atoms with Crippen molar-refractivity contribution in [3.63, 3.8) is 0 Å². The fourth-order valence-electron chi connectivity index (χ4n) is 2.09. The van der Waals surface area contributed by atoms with Gasteiger partial charge in [-0.05, 0) is 54.4 Å². The summed E-state index contributed by atoms with van der Waals surface area (Å²) >= 11 is 4.45. The molecule has 0 radical (unpaired) electrons. The molecule has 2 aromatic rings. The molecular formula is C15H22BrFN6OS2. The molecule has 1 heterocycles. The zero-order valence-electron chi connectivity index (χ0n) is 14.3. The average molecular weight is 465 g/mol. The van der Waals surface area contributed by atoms with E-state index in [1.807, 2.05) is 6.92 Å². The van der Waals surface area contributed by atoms with Gasteiger partial charge in [0, 0.05) is 35.1 Å². The van der Waals surface area contributed by atoms with E-state index in [2.05, 4.69) is 40.6 Å². The highest BCUT2D eigenvalue weighted by Gasteiger charge is 2.15. The van der Waals surface area contributed by atoms with Crippen molar-refractivity contribution in [1.29, 1.82) is 0 Å². The van der Waals surface area contributed by atoms with Gasteiger partial charge < -0.3 is 16.4 Å². The highest BCUT2D eigenvalue weighted by Crippen LogP contribution is 2.28. The third-order valence-electron chi connectivity index (χ3n) is 3.32. The first-order valence-corrected chi connectivity index (χ1v) is 10.8. The Bertz CT molecular complexity index is 716. The lowest BCUT2D eigenvalue weighted by Gasteiger charge is -2.12. The molecule has 11 heteroatoms. The van der Waals surface area contributed by atoms with Crippen LogP contribution < -0.4 is 21.1 Å². The topological polar surface area (TPSA) is 105 Å².